The second-order valence-electron chi connectivity index (χ2n) is 4.75. The molecule has 102 valence electrons. The number of rotatable bonds is 2. The zero-order valence-corrected chi connectivity index (χ0v) is 13.0. The van der Waals surface area contributed by atoms with Gasteiger partial charge in [0, 0.05) is 18.7 Å². The van der Waals surface area contributed by atoms with Crippen molar-refractivity contribution in [2.45, 2.75) is 13.1 Å². The molecule has 20 heavy (non-hydrogen) atoms. The van der Waals surface area contributed by atoms with Crippen LogP contribution in [0.15, 0.2) is 40.9 Å². The highest BCUT2D eigenvalue weighted by Crippen LogP contribution is 2.34. The van der Waals surface area contributed by atoms with Crippen LogP contribution in [-0.2, 0) is 13.1 Å². The lowest BCUT2D eigenvalue weighted by Crippen LogP contribution is -2.18. The summed E-state index contributed by atoms with van der Waals surface area (Å²) in [5, 5.41) is 0. The second kappa shape index (κ2) is 5.14. The SMILES string of the molecule is NC(=S)c1ccc(N2Cc3ccccc3C2)c(F)c1Br. The molecule has 0 unspecified atom stereocenters. The molecule has 1 aliphatic heterocycles. The van der Waals surface area contributed by atoms with Gasteiger partial charge in [0.1, 0.15) is 4.99 Å². The number of hydrogen-bond donors (Lipinski definition) is 1. The first-order valence-corrected chi connectivity index (χ1v) is 7.37. The van der Waals surface area contributed by atoms with Crippen molar-refractivity contribution in [2.24, 2.45) is 5.73 Å². The Morgan fingerprint density at radius 2 is 1.75 bits per heavy atom. The van der Waals surface area contributed by atoms with Gasteiger partial charge in [-0.2, -0.15) is 0 Å². The first-order chi connectivity index (χ1) is 9.58. The third-order valence-electron chi connectivity index (χ3n) is 3.51. The smallest absolute Gasteiger partial charge is 0.161 e. The van der Waals surface area contributed by atoms with Gasteiger partial charge in [0.05, 0.1) is 10.2 Å². The van der Waals surface area contributed by atoms with Gasteiger partial charge < -0.3 is 10.6 Å². The number of fused-ring (bicyclic) bond motifs is 1. The fraction of sp³-hybridized carbons (Fsp3) is 0.133. The van der Waals surface area contributed by atoms with Crippen molar-refractivity contribution >= 4 is 38.8 Å². The number of anilines is 1. The van der Waals surface area contributed by atoms with Crippen LogP contribution in [0.2, 0.25) is 0 Å². The van der Waals surface area contributed by atoms with E-state index in [1.165, 1.54) is 11.1 Å². The molecule has 5 heteroatoms. The van der Waals surface area contributed by atoms with E-state index in [0.717, 1.165) is 0 Å². The van der Waals surface area contributed by atoms with Gasteiger partial charge in [-0.1, -0.05) is 36.5 Å². The maximum absolute atomic E-state index is 14.5. The topological polar surface area (TPSA) is 29.3 Å². The van der Waals surface area contributed by atoms with E-state index in [0.29, 0.717) is 28.8 Å². The Hall–Kier alpha value is -1.46. The number of thiocarbonyl (C=S) groups is 1. The normalized spacial score (nSPS) is 13.4. The van der Waals surface area contributed by atoms with Crippen LogP contribution in [0.4, 0.5) is 10.1 Å². The number of hydrogen-bond acceptors (Lipinski definition) is 2. The second-order valence-corrected chi connectivity index (χ2v) is 5.98. The van der Waals surface area contributed by atoms with E-state index in [1.54, 1.807) is 12.1 Å². The summed E-state index contributed by atoms with van der Waals surface area (Å²) >= 11 is 8.16. The Kier molecular flexibility index (Phi) is 3.48. The van der Waals surface area contributed by atoms with E-state index in [1.807, 2.05) is 17.0 Å². The molecule has 0 saturated carbocycles. The van der Waals surface area contributed by atoms with E-state index in [-0.39, 0.29) is 10.8 Å². The number of nitrogens with zero attached hydrogens (tertiary/aromatic N) is 1. The lowest BCUT2D eigenvalue weighted by atomic mass is 10.1. The Balaban J connectivity index is 1.98. The van der Waals surface area contributed by atoms with Crippen molar-refractivity contribution in [1.29, 1.82) is 0 Å². The highest BCUT2D eigenvalue weighted by Gasteiger charge is 2.23. The van der Waals surface area contributed by atoms with Gasteiger partial charge in [0.15, 0.2) is 5.82 Å². The first kappa shape index (κ1) is 13.5. The Bertz CT molecular complexity index is 677. The summed E-state index contributed by atoms with van der Waals surface area (Å²) < 4.78 is 14.8. The highest BCUT2D eigenvalue weighted by molar-refractivity contribution is 9.10. The van der Waals surface area contributed by atoms with Crippen LogP contribution >= 0.6 is 28.1 Å². The Labute approximate surface area is 130 Å². The molecule has 0 spiro atoms. The van der Waals surface area contributed by atoms with Crippen LogP contribution in [0, 0.1) is 5.82 Å². The Morgan fingerprint density at radius 1 is 1.15 bits per heavy atom. The van der Waals surface area contributed by atoms with Gasteiger partial charge in [0.25, 0.3) is 0 Å². The molecule has 0 aromatic heterocycles. The van der Waals surface area contributed by atoms with Crippen molar-refractivity contribution in [3.05, 3.63) is 63.4 Å². The minimum atomic E-state index is -0.317. The molecule has 0 radical (unpaired) electrons. The third kappa shape index (κ3) is 2.21. The van der Waals surface area contributed by atoms with E-state index in [9.17, 15) is 4.39 Å². The average molecular weight is 351 g/mol. The molecular weight excluding hydrogens is 339 g/mol. The van der Waals surface area contributed by atoms with Crippen LogP contribution < -0.4 is 10.6 Å². The van der Waals surface area contributed by atoms with Gasteiger partial charge >= 0.3 is 0 Å². The van der Waals surface area contributed by atoms with E-state index in [2.05, 4.69) is 28.1 Å². The van der Waals surface area contributed by atoms with Crippen molar-refractivity contribution in [3.8, 4) is 0 Å². The predicted molar refractivity (Wildman–Crippen MR) is 86.3 cm³/mol. The van der Waals surface area contributed by atoms with Gasteiger partial charge in [-0.05, 0) is 39.2 Å². The fourth-order valence-corrected chi connectivity index (χ4v) is 3.33. The van der Waals surface area contributed by atoms with Crippen molar-refractivity contribution in [1.82, 2.24) is 0 Å². The molecule has 2 aromatic carbocycles. The summed E-state index contributed by atoms with van der Waals surface area (Å²) in [5.74, 6) is -0.317. The molecule has 2 aromatic rings. The molecule has 3 rings (SSSR count). The molecule has 1 aliphatic rings. The molecule has 0 amide bonds. The standard InChI is InChI=1S/C15H12BrFN2S/c16-13-11(15(18)20)5-6-12(14(13)17)19-7-9-3-1-2-4-10(9)8-19/h1-6H,7-8H2,(H2,18,20). The van der Waals surface area contributed by atoms with E-state index < -0.39 is 0 Å². The predicted octanol–water partition coefficient (Wildman–Crippen LogP) is 3.74. The monoisotopic (exact) mass is 350 g/mol. The van der Waals surface area contributed by atoms with Crippen LogP contribution in [0.1, 0.15) is 16.7 Å². The number of benzene rings is 2. The summed E-state index contributed by atoms with van der Waals surface area (Å²) in [6.45, 7) is 1.43. The summed E-state index contributed by atoms with van der Waals surface area (Å²) in [6, 6.07) is 11.7. The molecule has 0 fully saturated rings. The van der Waals surface area contributed by atoms with Crippen molar-refractivity contribution in [3.63, 3.8) is 0 Å². The number of halogens is 2. The zero-order valence-electron chi connectivity index (χ0n) is 10.6. The molecule has 0 aliphatic carbocycles. The number of nitrogens with two attached hydrogens (primary N) is 1. The van der Waals surface area contributed by atoms with Gasteiger partial charge in [-0.15, -0.1) is 0 Å². The van der Waals surface area contributed by atoms with Crippen LogP contribution in [0.5, 0.6) is 0 Å². The minimum absolute atomic E-state index is 0.187. The third-order valence-corrected chi connectivity index (χ3v) is 4.50. The summed E-state index contributed by atoms with van der Waals surface area (Å²) in [6.07, 6.45) is 0. The van der Waals surface area contributed by atoms with Crippen LogP contribution in [0.3, 0.4) is 0 Å². The van der Waals surface area contributed by atoms with Crippen LogP contribution in [0.25, 0.3) is 0 Å². The molecular formula is C15H12BrFN2S. The molecule has 1 heterocycles. The van der Waals surface area contributed by atoms with Crippen LogP contribution in [-0.4, -0.2) is 4.99 Å². The lowest BCUT2D eigenvalue weighted by Gasteiger charge is -2.20. The highest BCUT2D eigenvalue weighted by atomic mass is 79.9. The van der Waals surface area contributed by atoms with Gasteiger partial charge in [0.2, 0.25) is 0 Å². The summed E-state index contributed by atoms with van der Waals surface area (Å²) in [4.78, 5) is 2.20. The fourth-order valence-electron chi connectivity index (χ4n) is 2.48. The first-order valence-electron chi connectivity index (χ1n) is 6.17. The van der Waals surface area contributed by atoms with E-state index in [4.69, 9.17) is 18.0 Å². The van der Waals surface area contributed by atoms with Gasteiger partial charge in [-0.25, -0.2) is 4.39 Å². The zero-order chi connectivity index (χ0) is 14.3. The molecule has 2 nitrogen and oxygen atoms in total. The summed E-state index contributed by atoms with van der Waals surface area (Å²) in [5.41, 5.74) is 9.14. The molecule has 2 N–H and O–H groups in total. The summed E-state index contributed by atoms with van der Waals surface area (Å²) in [7, 11) is 0. The quantitative estimate of drug-likeness (QED) is 0.836. The van der Waals surface area contributed by atoms with E-state index >= 15 is 0 Å². The average Bonchev–Trinajstić information content (AvgIpc) is 2.84. The van der Waals surface area contributed by atoms with Gasteiger partial charge in [-0.3, -0.25) is 0 Å². The molecule has 0 atom stereocenters. The van der Waals surface area contributed by atoms with Crippen molar-refractivity contribution < 1.29 is 4.39 Å². The molecule has 0 bridgehead atoms. The Morgan fingerprint density at radius 3 is 2.30 bits per heavy atom. The van der Waals surface area contributed by atoms with Crippen molar-refractivity contribution in [2.75, 3.05) is 4.90 Å². The lowest BCUT2D eigenvalue weighted by molar-refractivity contribution is 0.613. The minimum Gasteiger partial charge on any atom is -0.389 e. The molecule has 0 saturated heterocycles. The largest absolute Gasteiger partial charge is 0.389 e. The maximum Gasteiger partial charge on any atom is 0.161 e. The maximum atomic E-state index is 14.5.